The van der Waals surface area contributed by atoms with E-state index in [0.29, 0.717) is 0 Å². The van der Waals surface area contributed by atoms with Crippen molar-refractivity contribution in [3.05, 3.63) is 35.4 Å². The van der Waals surface area contributed by atoms with Crippen LogP contribution in [-0.2, 0) is 33.5 Å². The Morgan fingerprint density at radius 2 is 2.00 bits per heavy atom. The number of nitrogens with one attached hydrogen (secondary N) is 3. The van der Waals surface area contributed by atoms with Crippen molar-refractivity contribution in [3.63, 3.8) is 0 Å². The molecule has 38 heavy (non-hydrogen) atoms. The van der Waals surface area contributed by atoms with E-state index in [1.165, 1.54) is 58.0 Å². The molecule has 0 aliphatic carbocycles. The minimum Gasteiger partial charge on any atom is -0.477 e. The Bertz CT molecular complexity index is 1220. The minimum absolute atomic E-state index is 0.0419. The average Bonchev–Trinajstić information content (AvgIpc) is 3.39. The number of rotatable bonds is 9. The predicted octanol–water partition coefficient (Wildman–Crippen LogP) is -0.464. The van der Waals surface area contributed by atoms with Gasteiger partial charge in [-0.15, -0.1) is 11.8 Å². The third-order valence-corrected chi connectivity index (χ3v) is 6.66. The highest BCUT2D eigenvalue weighted by Crippen LogP contribution is 2.40. The number of imide groups is 1. The van der Waals surface area contributed by atoms with Crippen LogP contribution in [-0.4, -0.2) is 87.8 Å². The van der Waals surface area contributed by atoms with Crippen LogP contribution in [0.15, 0.2) is 39.2 Å². The Balaban J connectivity index is 1.78. The Labute approximate surface area is 219 Å². The monoisotopic (exact) mass is 551 g/mol. The van der Waals surface area contributed by atoms with Crippen LogP contribution in [0.1, 0.15) is 26.5 Å². The summed E-state index contributed by atoms with van der Waals surface area (Å²) < 4.78 is 10.1. The average molecular weight is 552 g/mol. The molecule has 16 heteroatoms. The number of carboxylic acid groups (broad SMARTS) is 1. The second-order valence-electron chi connectivity index (χ2n) is 8.45. The van der Waals surface area contributed by atoms with E-state index in [1.54, 1.807) is 0 Å². The maximum Gasteiger partial charge on any atom is 0.352 e. The summed E-state index contributed by atoms with van der Waals surface area (Å²) in [4.78, 5) is 79.1. The number of hydrogen-bond acceptors (Lipinski definition) is 11. The van der Waals surface area contributed by atoms with Gasteiger partial charge in [0.25, 0.3) is 17.7 Å². The summed E-state index contributed by atoms with van der Waals surface area (Å²) in [5, 5.41) is 19.4. The minimum atomic E-state index is -1.69. The molecule has 0 bridgehead atoms. The molecule has 0 spiro atoms. The zero-order valence-electron chi connectivity index (χ0n) is 20.7. The number of amides is 5. The second-order valence-corrected chi connectivity index (χ2v) is 9.56. The third kappa shape index (κ3) is 5.96. The molecule has 1 fully saturated rings. The molecule has 204 valence electrons. The highest BCUT2D eigenvalue weighted by atomic mass is 32.2. The van der Waals surface area contributed by atoms with Crippen LogP contribution in [0.5, 0.6) is 0 Å². The predicted molar refractivity (Wildman–Crippen MR) is 129 cm³/mol. The lowest BCUT2D eigenvalue weighted by atomic mass is 10.0. The quantitative estimate of drug-likeness (QED) is 0.134. The van der Waals surface area contributed by atoms with E-state index in [2.05, 4.69) is 15.8 Å². The molecule has 2 atom stereocenters. The standard InChI is InChI=1S/C22H25N5O10S/c1-10(28)36-8-11-9-38-18-14(17(30)27(18)15(11)19(31)32)24-16(29)13(12-6-5-7-35-12)26-37-22(2,3)20(33)25-21(34)23-4/h5-7,14,18H,8-9H2,1-4H3,(H,24,29)(H,31,32)(H2,23,25,33,34)/b26-13-/t14-,18-/m1/s1. The van der Waals surface area contributed by atoms with Crippen molar-refractivity contribution in [1.82, 2.24) is 20.9 Å². The summed E-state index contributed by atoms with van der Waals surface area (Å²) in [7, 11) is 1.32. The lowest BCUT2D eigenvalue weighted by Crippen LogP contribution is -2.71. The van der Waals surface area contributed by atoms with Gasteiger partial charge in [-0.1, -0.05) is 5.16 Å². The summed E-state index contributed by atoms with van der Waals surface area (Å²) in [6, 6.07) is 0.991. The summed E-state index contributed by atoms with van der Waals surface area (Å²) >= 11 is 1.18. The first-order chi connectivity index (χ1) is 17.9. The molecular weight excluding hydrogens is 526 g/mol. The molecule has 3 heterocycles. The van der Waals surface area contributed by atoms with Gasteiger partial charge < -0.3 is 29.7 Å². The number of ether oxygens (including phenoxy) is 1. The number of nitrogens with zero attached hydrogens (tertiary/aromatic N) is 2. The molecule has 1 aromatic heterocycles. The number of thioether (sulfide) groups is 1. The van der Waals surface area contributed by atoms with E-state index in [9.17, 15) is 33.9 Å². The Morgan fingerprint density at radius 3 is 2.58 bits per heavy atom. The van der Waals surface area contributed by atoms with Crippen molar-refractivity contribution in [2.75, 3.05) is 19.4 Å². The van der Waals surface area contributed by atoms with Gasteiger partial charge in [-0.3, -0.25) is 29.4 Å². The normalized spacial score (nSPS) is 19.1. The smallest absolute Gasteiger partial charge is 0.352 e. The molecule has 4 N–H and O–H groups in total. The zero-order chi connectivity index (χ0) is 28.2. The molecule has 15 nitrogen and oxygen atoms in total. The lowest BCUT2D eigenvalue weighted by molar-refractivity contribution is -0.150. The van der Waals surface area contributed by atoms with E-state index in [-0.39, 0.29) is 29.4 Å². The Kier molecular flexibility index (Phi) is 8.45. The van der Waals surface area contributed by atoms with Gasteiger partial charge in [-0.25, -0.2) is 9.59 Å². The van der Waals surface area contributed by atoms with Gasteiger partial charge in [-0.05, 0) is 26.0 Å². The number of hydrogen-bond donors (Lipinski definition) is 4. The molecule has 0 aromatic carbocycles. The fourth-order valence-electron chi connectivity index (χ4n) is 3.32. The van der Waals surface area contributed by atoms with Crippen molar-refractivity contribution in [1.29, 1.82) is 0 Å². The van der Waals surface area contributed by atoms with Crippen LogP contribution in [0.25, 0.3) is 0 Å². The van der Waals surface area contributed by atoms with Gasteiger partial charge in [0.1, 0.15) is 23.7 Å². The molecule has 0 unspecified atom stereocenters. The summed E-state index contributed by atoms with van der Waals surface area (Å²) in [5.74, 6) is -4.31. The third-order valence-electron chi connectivity index (χ3n) is 5.32. The van der Waals surface area contributed by atoms with E-state index in [1.807, 2.05) is 5.32 Å². The van der Waals surface area contributed by atoms with Crippen LogP contribution in [0, 0.1) is 0 Å². The van der Waals surface area contributed by atoms with Gasteiger partial charge in [0.05, 0.1) is 6.26 Å². The lowest BCUT2D eigenvalue weighted by Gasteiger charge is -2.49. The number of furan rings is 1. The van der Waals surface area contributed by atoms with Crippen LogP contribution >= 0.6 is 11.8 Å². The number of aliphatic carboxylic acids is 1. The van der Waals surface area contributed by atoms with Crippen molar-refractivity contribution >= 4 is 53.2 Å². The number of carboxylic acids is 1. The number of oxime groups is 1. The number of β-lactam (4-membered cyclic amide) rings is 1. The number of carbonyl (C=O) groups excluding carboxylic acids is 5. The van der Waals surface area contributed by atoms with Gasteiger partial charge in [-0.2, -0.15) is 0 Å². The second kappa shape index (κ2) is 11.4. The number of carbonyl (C=O) groups is 6. The number of fused-ring (bicyclic) bond motifs is 1. The first-order valence-electron chi connectivity index (χ1n) is 11.0. The fourth-order valence-corrected chi connectivity index (χ4v) is 4.65. The molecular formula is C22H25N5O10S. The van der Waals surface area contributed by atoms with Crippen molar-refractivity contribution in [3.8, 4) is 0 Å². The molecule has 5 amide bonds. The molecule has 0 radical (unpaired) electrons. The van der Waals surface area contributed by atoms with Gasteiger partial charge in [0, 0.05) is 25.3 Å². The van der Waals surface area contributed by atoms with Crippen molar-refractivity contribution in [2.45, 2.75) is 37.8 Å². The summed E-state index contributed by atoms with van der Waals surface area (Å²) in [6.45, 7) is 3.52. The Morgan fingerprint density at radius 1 is 1.29 bits per heavy atom. The van der Waals surface area contributed by atoms with Crippen LogP contribution in [0.3, 0.4) is 0 Å². The highest BCUT2D eigenvalue weighted by molar-refractivity contribution is 8.00. The fraction of sp³-hybridized carbons (Fsp3) is 0.409. The van der Waals surface area contributed by atoms with Gasteiger partial charge in [0.2, 0.25) is 11.3 Å². The maximum absolute atomic E-state index is 13.1. The van der Waals surface area contributed by atoms with E-state index >= 15 is 0 Å². The van der Waals surface area contributed by atoms with Crippen LogP contribution < -0.4 is 16.0 Å². The molecule has 1 saturated heterocycles. The van der Waals surface area contributed by atoms with Crippen molar-refractivity contribution in [2.24, 2.45) is 5.16 Å². The molecule has 0 saturated carbocycles. The van der Waals surface area contributed by atoms with Crippen LogP contribution in [0.4, 0.5) is 4.79 Å². The zero-order valence-corrected chi connectivity index (χ0v) is 21.5. The molecule has 2 aliphatic rings. The summed E-state index contributed by atoms with van der Waals surface area (Å²) in [6.07, 6.45) is 1.27. The first kappa shape index (κ1) is 28.2. The van der Waals surface area contributed by atoms with E-state index in [4.69, 9.17) is 14.0 Å². The first-order valence-corrected chi connectivity index (χ1v) is 12.1. The Hall–Kier alpha value is -4.34. The summed E-state index contributed by atoms with van der Waals surface area (Å²) in [5.41, 5.74) is -2.16. The van der Waals surface area contributed by atoms with Gasteiger partial charge >= 0.3 is 18.0 Å². The molecule has 2 aliphatic heterocycles. The van der Waals surface area contributed by atoms with Crippen LogP contribution in [0.2, 0.25) is 0 Å². The van der Waals surface area contributed by atoms with Gasteiger partial charge in [0.15, 0.2) is 5.76 Å². The highest BCUT2D eigenvalue weighted by Gasteiger charge is 2.54. The SMILES string of the molecule is CNC(=O)NC(=O)C(C)(C)O/N=C(\C(=O)N[C@@H]1C(=O)N2C(C(=O)O)=C(COC(C)=O)CS[C@H]12)c1ccco1. The number of esters is 1. The maximum atomic E-state index is 13.1. The molecule has 1 aromatic rings. The van der Waals surface area contributed by atoms with E-state index in [0.717, 1.165) is 4.90 Å². The topological polar surface area (TPSA) is 206 Å². The van der Waals surface area contributed by atoms with E-state index < -0.39 is 58.4 Å². The molecule has 3 rings (SSSR count). The largest absolute Gasteiger partial charge is 0.477 e. The van der Waals surface area contributed by atoms with Crippen molar-refractivity contribution < 1.29 is 47.9 Å². The number of urea groups is 1.